The average molecular weight is 500 g/mol. The van der Waals surface area contributed by atoms with Crippen LogP contribution >= 0.6 is 0 Å². The van der Waals surface area contributed by atoms with Gasteiger partial charge in [-0.15, -0.1) is 0 Å². The molecule has 0 unspecified atom stereocenters. The van der Waals surface area contributed by atoms with Crippen LogP contribution in [0.1, 0.15) is 0 Å². The van der Waals surface area contributed by atoms with Crippen LogP contribution in [-0.4, -0.2) is 14.1 Å². The van der Waals surface area contributed by atoms with E-state index >= 15 is 0 Å². The van der Waals surface area contributed by atoms with Crippen LogP contribution in [0.3, 0.4) is 0 Å². The molecule has 5 aromatic carbocycles. The Labute approximate surface area is 222 Å². The molecule has 4 heterocycles. The zero-order valence-corrected chi connectivity index (χ0v) is 20.9. The summed E-state index contributed by atoms with van der Waals surface area (Å²) < 4.78 is 11.2. The van der Waals surface area contributed by atoms with Gasteiger partial charge in [-0.1, -0.05) is 78.9 Å². The van der Waals surface area contributed by atoms with E-state index in [1.165, 1.54) is 32.6 Å². The van der Waals surface area contributed by atoms with E-state index in [2.05, 4.69) is 112 Å². The molecule has 9 rings (SSSR count). The molecular formula is C35H21N3O. The second-order valence-electron chi connectivity index (χ2n) is 10.0. The number of pyridine rings is 1. The second-order valence-corrected chi connectivity index (χ2v) is 10.0. The Kier molecular flexibility index (Phi) is 4.02. The summed E-state index contributed by atoms with van der Waals surface area (Å²) in [7, 11) is 0. The van der Waals surface area contributed by atoms with E-state index in [4.69, 9.17) is 9.40 Å². The minimum atomic E-state index is 0.790. The minimum absolute atomic E-state index is 0.790. The maximum atomic E-state index is 6.49. The molecule has 4 aromatic heterocycles. The van der Waals surface area contributed by atoms with Crippen molar-refractivity contribution in [3.05, 3.63) is 128 Å². The van der Waals surface area contributed by atoms with Crippen LogP contribution in [0.25, 0.3) is 77.1 Å². The van der Waals surface area contributed by atoms with Crippen molar-refractivity contribution in [3.63, 3.8) is 0 Å². The van der Waals surface area contributed by atoms with Gasteiger partial charge in [0.1, 0.15) is 11.1 Å². The van der Waals surface area contributed by atoms with Crippen molar-refractivity contribution < 1.29 is 4.42 Å². The summed E-state index contributed by atoms with van der Waals surface area (Å²) in [4.78, 5) is 4.74. The Morgan fingerprint density at radius 1 is 0.462 bits per heavy atom. The van der Waals surface area contributed by atoms with E-state index in [0.717, 1.165) is 44.5 Å². The minimum Gasteiger partial charge on any atom is -0.452 e. The Morgan fingerprint density at radius 3 is 1.74 bits per heavy atom. The molecule has 182 valence electrons. The van der Waals surface area contributed by atoms with Crippen LogP contribution < -0.4 is 0 Å². The maximum Gasteiger partial charge on any atom is 0.177 e. The van der Waals surface area contributed by atoms with Gasteiger partial charge >= 0.3 is 0 Å². The van der Waals surface area contributed by atoms with Crippen molar-refractivity contribution in [2.45, 2.75) is 0 Å². The molecule has 0 radical (unpaired) electrons. The van der Waals surface area contributed by atoms with Crippen LogP contribution in [0.5, 0.6) is 0 Å². The largest absolute Gasteiger partial charge is 0.452 e. The first-order valence-electron chi connectivity index (χ1n) is 13.2. The summed E-state index contributed by atoms with van der Waals surface area (Å²) in [6, 6.07) is 42.8. The van der Waals surface area contributed by atoms with Crippen LogP contribution in [-0.2, 0) is 0 Å². The van der Waals surface area contributed by atoms with E-state index in [1.807, 2.05) is 24.4 Å². The molecule has 9 aromatic rings. The van der Waals surface area contributed by atoms with E-state index in [0.29, 0.717) is 0 Å². The van der Waals surface area contributed by atoms with Crippen molar-refractivity contribution >= 4 is 65.7 Å². The fourth-order valence-electron chi connectivity index (χ4n) is 6.38. The van der Waals surface area contributed by atoms with Crippen molar-refractivity contribution in [2.75, 3.05) is 0 Å². The maximum absolute atomic E-state index is 6.49. The number of hydrogen-bond donors (Lipinski definition) is 0. The highest BCUT2D eigenvalue weighted by Crippen LogP contribution is 2.41. The molecule has 39 heavy (non-hydrogen) atoms. The SMILES string of the molecule is c1ccc2c(c1)oc1c(-n3c4ccccc4c4cccc(-n5c6ccccc6c6ccccc65)c43)ccnc12. The number of benzene rings is 5. The standard InChI is InChI=1S/C35H21N3O/c1-5-15-27-22(10-1)23-11-2-6-16-28(23)37(27)30-18-9-14-25-24-12-3-7-17-29(24)38(34(25)30)31-20-21-36-33-26-13-4-8-19-32(26)39-35(31)33/h1-21H. The van der Waals surface area contributed by atoms with Gasteiger partial charge in [0.05, 0.1) is 33.4 Å². The number of nitrogens with zero attached hydrogens (tertiary/aromatic N) is 3. The molecule has 0 atom stereocenters. The Balaban J connectivity index is 1.50. The van der Waals surface area contributed by atoms with E-state index in [9.17, 15) is 0 Å². The predicted molar refractivity (Wildman–Crippen MR) is 160 cm³/mol. The molecule has 0 N–H and O–H groups in total. The molecule has 0 aliphatic rings. The van der Waals surface area contributed by atoms with Gasteiger partial charge in [-0.3, -0.25) is 4.98 Å². The quantitative estimate of drug-likeness (QED) is 0.238. The van der Waals surface area contributed by atoms with Crippen LogP contribution in [0, 0.1) is 0 Å². The lowest BCUT2D eigenvalue weighted by Gasteiger charge is -2.14. The Hall–Kier alpha value is -5.35. The number of furan rings is 1. The fourth-order valence-corrected chi connectivity index (χ4v) is 6.38. The normalized spacial score (nSPS) is 12.1. The smallest absolute Gasteiger partial charge is 0.177 e. The number of fused-ring (bicyclic) bond motifs is 9. The highest BCUT2D eigenvalue weighted by Gasteiger charge is 2.22. The lowest BCUT2D eigenvalue weighted by Crippen LogP contribution is -2.01. The fraction of sp³-hybridized carbons (Fsp3) is 0. The number of hydrogen-bond acceptors (Lipinski definition) is 2. The molecule has 0 saturated carbocycles. The summed E-state index contributed by atoms with van der Waals surface area (Å²) in [5.74, 6) is 0. The topological polar surface area (TPSA) is 35.9 Å². The van der Waals surface area contributed by atoms with Crippen LogP contribution in [0.2, 0.25) is 0 Å². The summed E-state index contributed by atoms with van der Waals surface area (Å²) in [6.07, 6.45) is 1.89. The first kappa shape index (κ1) is 20.7. The zero-order valence-electron chi connectivity index (χ0n) is 20.9. The molecular weight excluding hydrogens is 478 g/mol. The Morgan fingerprint density at radius 2 is 1.03 bits per heavy atom. The lowest BCUT2D eigenvalue weighted by atomic mass is 10.1. The second kappa shape index (κ2) is 7.59. The average Bonchev–Trinajstić information content (AvgIpc) is 3.65. The van der Waals surface area contributed by atoms with Gasteiger partial charge in [-0.2, -0.15) is 0 Å². The molecule has 4 heteroatoms. The molecule has 0 fully saturated rings. The molecule has 0 amide bonds. The third-order valence-electron chi connectivity index (χ3n) is 7.97. The van der Waals surface area contributed by atoms with E-state index in [1.54, 1.807) is 0 Å². The van der Waals surface area contributed by atoms with Gasteiger partial charge < -0.3 is 13.6 Å². The van der Waals surface area contributed by atoms with E-state index < -0.39 is 0 Å². The van der Waals surface area contributed by atoms with E-state index in [-0.39, 0.29) is 0 Å². The summed E-state index contributed by atoms with van der Waals surface area (Å²) in [6.45, 7) is 0. The summed E-state index contributed by atoms with van der Waals surface area (Å²) >= 11 is 0. The van der Waals surface area contributed by atoms with Gasteiger partial charge in [0.15, 0.2) is 5.58 Å². The Bertz CT molecular complexity index is 2350. The molecule has 0 aliphatic heterocycles. The zero-order chi connectivity index (χ0) is 25.5. The number of rotatable bonds is 2. The predicted octanol–water partition coefficient (Wildman–Crippen LogP) is 9.18. The molecule has 0 bridgehead atoms. The summed E-state index contributed by atoms with van der Waals surface area (Å²) in [5, 5.41) is 5.92. The van der Waals surface area contributed by atoms with Gasteiger partial charge in [0, 0.05) is 33.1 Å². The van der Waals surface area contributed by atoms with Gasteiger partial charge in [-0.25, -0.2) is 0 Å². The van der Waals surface area contributed by atoms with Crippen LogP contribution in [0.4, 0.5) is 0 Å². The first-order chi connectivity index (χ1) is 19.4. The molecule has 0 spiro atoms. The highest BCUT2D eigenvalue weighted by molar-refractivity contribution is 6.16. The van der Waals surface area contributed by atoms with Crippen molar-refractivity contribution in [2.24, 2.45) is 0 Å². The van der Waals surface area contributed by atoms with Gasteiger partial charge in [0.2, 0.25) is 0 Å². The third kappa shape index (κ3) is 2.70. The van der Waals surface area contributed by atoms with Crippen LogP contribution in [0.15, 0.2) is 132 Å². The lowest BCUT2D eigenvalue weighted by molar-refractivity contribution is 0.665. The number of aromatic nitrogens is 3. The summed E-state index contributed by atoms with van der Waals surface area (Å²) in [5.41, 5.74) is 9.26. The van der Waals surface area contributed by atoms with Gasteiger partial charge in [-0.05, 0) is 42.5 Å². The van der Waals surface area contributed by atoms with Crippen molar-refractivity contribution in [1.82, 2.24) is 14.1 Å². The monoisotopic (exact) mass is 499 g/mol. The molecule has 0 aliphatic carbocycles. The molecule has 0 saturated heterocycles. The van der Waals surface area contributed by atoms with Gasteiger partial charge in [0.25, 0.3) is 0 Å². The first-order valence-corrected chi connectivity index (χ1v) is 13.2. The highest BCUT2D eigenvalue weighted by atomic mass is 16.3. The third-order valence-corrected chi connectivity index (χ3v) is 7.97. The number of para-hydroxylation sites is 5. The van der Waals surface area contributed by atoms with Crippen molar-refractivity contribution in [3.8, 4) is 11.4 Å². The van der Waals surface area contributed by atoms with Crippen molar-refractivity contribution in [1.29, 1.82) is 0 Å². The molecule has 4 nitrogen and oxygen atoms in total.